The first-order valence-corrected chi connectivity index (χ1v) is 4.12. The molecule has 0 aliphatic carbocycles. The molecule has 3 heteroatoms. The molecule has 0 bridgehead atoms. The van der Waals surface area contributed by atoms with Crippen LogP contribution < -0.4 is 0 Å². The minimum absolute atomic E-state index is 0.0445. The maximum atomic E-state index is 13.2. The molecule has 0 unspecified atom stereocenters. The maximum absolute atomic E-state index is 13.2. The Labute approximate surface area is 76.0 Å². The quantitative estimate of drug-likeness (QED) is 0.714. The smallest absolute Gasteiger partial charge is 0.166 e. The number of rotatable bonds is 1. The molecular formula is C10H12F2O. The van der Waals surface area contributed by atoms with Gasteiger partial charge in [0.1, 0.15) is 5.75 Å². The normalized spacial score (nSPS) is 10.9. The predicted molar refractivity (Wildman–Crippen MR) is 46.8 cm³/mol. The number of phenols is 1. The average molecular weight is 186 g/mol. The van der Waals surface area contributed by atoms with Gasteiger partial charge in [0, 0.05) is 5.56 Å². The van der Waals surface area contributed by atoms with Crippen LogP contribution in [0.2, 0.25) is 0 Å². The van der Waals surface area contributed by atoms with Crippen molar-refractivity contribution in [1.82, 2.24) is 0 Å². The summed E-state index contributed by atoms with van der Waals surface area (Å²) in [4.78, 5) is 0. The maximum Gasteiger partial charge on any atom is 0.166 e. The molecule has 0 aliphatic heterocycles. The first kappa shape index (κ1) is 9.96. The molecule has 0 aliphatic rings. The molecule has 0 saturated heterocycles. The number of aryl methyl sites for hydroxylation is 1. The van der Waals surface area contributed by atoms with Crippen LogP contribution in [0.25, 0.3) is 0 Å². The Balaban J connectivity index is 3.44. The molecular weight excluding hydrogens is 174 g/mol. The highest BCUT2D eigenvalue weighted by molar-refractivity contribution is 5.40. The van der Waals surface area contributed by atoms with Gasteiger partial charge in [0.2, 0.25) is 0 Å². The van der Waals surface area contributed by atoms with Crippen molar-refractivity contribution in [3.63, 3.8) is 0 Å². The van der Waals surface area contributed by atoms with Gasteiger partial charge in [-0.05, 0) is 24.5 Å². The minimum Gasteiger partial charge on any atom is -0.508 e. The number of halogens is 2. The van der Waals surface area contributed by atoms with Gasteiger partial charge in [-0.25, -0.2) is 8.78 Å². The molecule has 0 aromatic heterocycles. The van der Waals surface area contributed by atoms with Crippen LogP contribution in [-0.4, -0.2) is 5.11 Å². The van der Waals surface area contributed by atoms with Crippen molar-refractivity contribution in [2.75, 3.05) is 0 Å². The van der Waals surface area contributed by atoms with Crippen molar-refractivity contribution in [1.29, 1.82) is 0 Å². The lowest BCUT2D eigenvalue weighted by Crippen LogP contribution is -1.99. The highest BCUT2D eigenvalue weighted by atomic mass is 19.2. The van der Waals surface area contributed by atoms with Crippen LogP contribution in [0.5, 0.6) is 5.75 Å². The van der Waals surface area contributed by atoms with E-state index in [1.165, 1.54) is 13.0 Å². The van der Waals surface area contributed by atoms with Gasteiger partial charge in [0.05, 0.1) is 0 Å². The number of aromatic hydroxyl groups is 1. The number of hydrogen-bond acceptors (Lipinski definition) is 1. The summed E-state index contributed by atoms with van der Waals surface area (Å²) in [5.74, 6) is -2.21. The Hall–Kier alpha value is -1.12. The zero-order valence-corrected chi connectivity index (χ0v) is 7.86. The van der Waals surface area contributed by atoms with E-state index in [1.54, 1.807) is 13.8 Å². The molecule has 1 aromatic rings. The molecule has 0 heterocycles. The second-order valence-electron chi connectivity index (χ2n) is 3.41. The van der Waals surface area contributed by atoms with E-state index in [-0.39, 0.29) is 22.8 Å². The van der Waals surface area contributed by atoms with E-state index in [0.29, 0.717) is 0 Å². The van der Waals surface area contributed by atoms with Crippen LogP contribution in [0.4, 0.5) is 8.78 Å². The summed E-state index contributed by atoms with van der Waals surface area (Å²) in [7, 11) is 0. The van der Waals surface area contributed by atoms with Crippen molar-refractivity contribution in [3.8, 4) is 5.75 Å². The average Bonchev–Trinajstić information content (AvgIpc) is 1.99. The topological polar surface area (TPSA) is 20.2 Å². The van der Waals surface area contributed by atoms with Crippen molar-refractivity contribution in [2.45, 2.75) is 26.7 Å². The minimum atomic E-state index is -0.937. The van der Waals surface area contributed by atoms with Crippen LogP contribution in [0.15, 0.2) is 6.07 Å². The lowest BCUT2D eigenvalue weighted by Gasteiger charge is -2.11. The van der Waals surface area contributed by atoms with Crippen molar-refractivity contribution in [3.05, 3.63) is 28.8 Å². The highest BCUT2D eigenvalue weighted by Gasteiger charge is 2.18. The molecule has 0 amide bonds. The van der Waals surface area contributed by atoms with Gasteiger partial charge in [-0.3, -0.25) is 0 Å². The van der Waals surface area contributed by atoms with Gasteiger partial charge in [-0.1, -0.05) is 13.8 Å². The predicted octanol–water partition coefficient (Wildman–Crippen LogP) is 3.10. The van der Waals surface area contributed by atoms with E-state index in [4.69, 9.17) is 0 Å². The first-order chi connectivity index (χ1) is 5.95. The Morgan fingerprint density at radius 3 is 2.23 bits per heavy atom. The summed E-state index contributed by atoms with van der Waals surface area (Å²) in [5, 5.41) is 9.36. The lowest BCUT2D eigenvalue weighted by molar-refractivity contribution is 0.433. The van der Waals surface area contributed by atoms with E-state index in [0.717, 1.165) is 0 Å². The summed E-state index contributed by atoms with van der Waals surface area (Å²) >= 11 is 0. The van der Waals surface area contributed by atoms with Crippen molar-refractivity contribution >= 4 is 0 Å². The van der Waals surface area contributed by atoms with Gasteiger partial charge in [-0.15, -0.1) is 0 Å². The van der Waals surface area contributed by atoms with Crippen LogP contribution in [0.3, 0.4) is 0 Å². The Morgan fingerprint density at radius 2 is 1.77 bits per heavy atom. The van der Waals surface area contributed by atoms with Gasteiger partial charge in [-0.2, -0.15) is 0 Å². The van der Waals surface area contributed by atoms with E-state index in [1.807, 2.05) is 0 Å². The summed E-state index contributed by atoms with van der Waals surface area (Å²) in [6.45, 7) is 4.82. The SMILES string of the molecule is Cc1cc(O)c(C(C)C)c(F)c1F. The van der Waals surface area contributed by atoms with Crippen LogP contribution >= 0.6 is 0 Å². The summed E-state index contributed by atoms with van der Waals surface area (Å²) in [6.07, 6.45) is 0. The second kappa shape index (κ2) is 3.32. The van der Waals surface area contributed by atoms with E-state index >= 15 is 0 Å². The fraction of sp³-hybridized carbons (Fsp3) is 0.400. The summed E-state index contributed by atoms with van der Waals surface area (Å²) in [6, 6.07) is 1.24. The molecule has 72 valence electrons. The largest absolute Gasteiger partial charge is 0.508 e. The summed E-state index contributed by atoms with van der Waals surface area (Å²) in [5.41, 5.74) is 0.169. The standard InChI is InChI=1S/C10H12F2O/c1-5(2)8-7(13)4-6(3)9(11)10(8)12/h4-5,13H,1-3H3. The van der Waals surface area contributed by atoms with Gasteiger partial charge < -0.3 is 5.11 Å². The van der Waals surface area contributed by atoms with Gasteiger partial charge in [0.25, 0.3) is 0 Å². The van der Waals surface area contributed by atoms with Crippen molar-refractivity contribution in [2.24, 2.45) is 0 Å². The fourth-order valence-corrected chi connectivity index (χ4v) is 1.30. The monoisotopic (exact) mass is 186 g/mol. The Morgan fingerprint density at radius 1 is 1.23 bits per heavy atom. The number of hydrogen-bond donors (Lipinski definition) is 1. The molecule has 13 heavy (non-hydrogen) atoms. The van der Waals surface area contributed by atoms with Crippen LogP contribution in [0, 0.1) is 18.6 Å². The van der Waals surface area contributed by atoms with Crippen molar-refractivity contribution < 1.29 is 13.9 Å². The third kappa shape index (κ3) is 1.64. The molecule has 1 aromatic carbocycles. The fourth-order valence-electron chi connectivity index (χ4n) is 1.30. The molecule has 0 spiro atoms. The number of benzene rings is 1. The third-order valence-corrected chi connectivity index (χ3v) is 1.98. The molecule has 0 saturated carbocycles. The number of phenolic OH excluding ortho intramolecular Hbond substituents is 1. The third-order valence-electron chi connectivity index (χ3n) is 1.98. The Bertz CT molecular complexity index is 332. The lowest BCUT2D eigenvalue weighted by atomic mass is 9.99. The molecule has 0 fully saturated rings. The summed E-state index contributed by atoms with van der Waals surface area (Å²) < 4.78 is 26.3. The van der Waals surface area contributed by atoms with E-state index in [9.17, 15) is 13.9 Å². The van der Waals surface area contributed by atoms with E-state index < -0.39 is 11.6 Å². The highest BCUT2D eigenvalue weighted by Crippen LogP contribution is 2.31. The molecule has 0 atom stereocenters. The Kier molecular flexibility index (Phi) is 2.55. The van der Waals surface area contributed by atoms with Crippen LogP contribution in [0.1, 0.15) is 30.9 Å². The van der Waals surface area contributed by atoms with Crippen LogP contribution in [-0.2, 0) is 0 Å². The second-order valence-corrected chi connectivity index (χ2v) is 3.41. The van der Waals surface area contributed by atoms with Gasteiger partial charge in [0.15, 0.2) is 11.6 Å². The molecule has 1 rings (SSSR count). The first-order valence-electron chi connectivity index (χ1n) is 4.12. The van der Waals surface area contributed by atoms with E-state index in [2.05, 4.69) is 0 Å². The molecule has 1 N–H and O–H groups in total. The molecule has 0 radical (unpaired) electrons. The van der Waals surface area contributed by atoms with Gasteiger partial charge >= 0.3 is 0 Å². The zero-order valence-electron chi connectivity index (χ0n) is 7.86. The molecule has 1 nitrogen and oxygen atoms in total. The zero-order chi connectivity index (χ0) is 10.2.